The number of aryl methyl sites for hydroxylation is 1. The van der Waals surface area contributed by atoms with Crippen LogP contribution in [0.25, 0.3) is 12.3 Å². The molecule has 24 heavy (non-hydrogen) atoms. The Balaban J connectivity index is 0.00000254. The van der Waals surface area contributed by atoms with Crippen LogP contribution < -0.4 is 0 Å². The molecule has 0 aliphatic carbocycles. The minimum atomic E-state index is -0.315. The van der Waals surface area contributed by atoms with Crippen LogP contribution in [0.15, 0.2) is 18.9 Å². The van der Waals surface area contributed by atoms with Crippen LogP contribution in [0.3, 0.4) is 0 Å². The Morgan fingerprint density at radius 1 is 1.29 bits per heavy atom. The highest BCUT2D eigenvalue weighted by Gasteiger charge is 2.17. The molecule has 0 spiro atoms. The smallest absolute Gasteiger partial charge is 0.310 e. The fourth-order valence-electron chi connectivity index (χ4n) is 2.24. The maximum Gasteiger partial charge on any atom is 0.310 e. The molecule has 5 heteroatoms. The average molecular weight is 335 g/mol. The van der Waals surface area contributed by atoms with Crippen LogP contribution in [-0.2, 0) is 31.9 Å². The van der Waals surface area contributed by atoms with E-state index >= 15 is 0 Å². The minimum Gasteiger partial charge on any atom is -0.469 e. The largest absolute Gasteiger partial charge is 0.469 e. The van der Waals surface area contributed by atoms with Gasteiger partial charge in [0.1, 0.15) is 0 Å². The van der Waals surface area contributed by atoms with Gasteiger partial charge in [-0.3, -0.25) is 9.59 Å². The summed E-state index contributed by atoms with van der Waals surface area (Å²) in [5.41, 5.74) is 2.65. The molecule has 0 atom stereocenters. The highest BCUT2D eigenvalue weighted by atomic mass is 16.5. The van der Waals surface area contributed by atoms with Crippen LogP contribution >= 0.6 is 0 Å². The standard InChI is InChI=1S/C17H23NO4.C2H6/c1-5-8-15-14(11-17(20)21-4)13(12-18(15)6-2)9-10-16(19)22-7-3;1-2/h5-6,8,12H,2,7,9-11H2,1,3-4H3;1-2H3/b8-5-;. The molecular formula is C19H29NO4. The van der Waals surface area contributed by atoms with E-state index in [-0.39, 0.29) is 24.8 Å². The van der Waals surface area contributed by atoms with Crippen LogP contribution in [0, 0.1) is 0 Å². The van der Waals surface area contributed by atoms with E-state index in [0.29, 0.717) is 13.0 Å². The number of allylic oxidation sites excluding steroid dienone is 1. The predicted molar refractivity (Wildman–Crippen MR) is 97.5 cm³/mol. The number of carbonyl (C=O) groups is 2. The number of rotatable bonds is 8. The van der Waals surface area contributed by atoms with Gasteiger partial charge in [0, 0.05) is 24.5 Å². The van der Waals surface area contributed by atoms with Crippen molar-refractivity contribution in [3.8, 4) is 0 Å². The van der Waals surface area contributed by atoms with Crippen LogP contribution in [0.5, 0.6) is 0 Å². The number of ether oxygens (including phenoxy) is 2. The summed E-state index contributed by atoms with van der Waals surface area (Å²) in [6, 6.07) is 0. The minimum absolute atomic E-state index is 0.162. The Kier molecular flexibility index (Phi) is 11.0. The number of hydrogen-bond acceptors (Lipinski definition) is 4. The van der Waals surface area contributed by atoms with Gasteiger partial charge in [0.05, 0.1) is 20.1 Å². The topological polar surface area (TPSA) is 57.5 Å². The second kappa shape index (κ2) is 12.2. The Morgan fingerprint density at radius 2 is 1.96 bits per heavy atom. The van der Waals surface area contributed by atoms with E-state index in [1.165, 1.54) is 7.11 Å². The van der Waals surface area contributed by atoms with Crippen molar-refractivity contribution in [1.82, 2.24) is 4.57 Å². The Labute approximate surface area is 145 Å². The molecule has 0 radical (unpaired) electrons. The van der Waals surface area contributed by atoms with Crippen molar-refractivity contribution in [3.05, 3.63) is 35.7 Å². The van der Waals surface area contributed by atoms with Crippen molar-refractivity contribution in [3.63, 3.8) is 0 Å². The van der Waals surface area contributed by atoms with Crippen molar-refractivity contribution >= 4 is 24.2 Å². The molecule has 0 bridgehead atoms. The zero-order valence-corrected chi connectivity index (χ0v) is 15.4. The zero-order valence-electron chi connectivity index (χ0n) is 15.4. The molecule has 0 aliphatic heterocycles. The Bertz CT molecular complexity index is 570. The summed E-state index contributed by atoms with van der Waals surface area (Å²) in [4.78, 5) is 23.2. The van der Waals surface area contributed by atoms with Crippen molar-refractivity contribution in [1.29, 1.82) is 0 Å². The molecule has 134 valence electrons. The third-order valence-corrected chi connectivity index (χ3v) is 3.24. The van der Waals surface area contributed by atoms with Crippen molar-refractivity contribution in [2.45, 2.75) is 47.0 Å². The number of carbonyl (C=O) groups excluding carboxylic acids is 2. The summed E-state index contributed by atoms with van der Waals surface area (Å²) in [6.45, 7) is 11.8. The van der Waals surface area contributed by atoms with Crippen LogP contribution in [0.4, 0.5) is 0 Å². The summed E-state index contributed by atoms with van der Waals surface area (Å²) >= 11 is 0. The van der Waals surface area contributed by atoms with Gasteiger partial charge in [-0.05, 0) is 37.5 Å². The van der Waals surface area contributed by atoms with Crippen molar-refractivity contribution in [2.24, 2.45) is 0 Å². The fourth-order valence-corrected chi connectivity index (χ4v) is 2.24. The third kappa shape index (κ3) is 6.44. The normalized spacial score (nSPS) is 10.0. The van der Waals surface area contributed by atoms with E-state index in [1.807, 2.05) is 43.7 Å². The first-order valence-corrected chi connectivity index (χ1v) is 8.27. The van der Waals surface area contributed by atoms with Gasteiger partial charge in [0.2, 0.25) is 0 Å². The molecule has 0 aromatic carbocycles. The molecule has 1 aromatic heterocycles. The summed E-state index contributed by atoms with van der Waals surface area (Å²) in [5, 5.41) is 0. The molecule has 0 unspecified atom stereocenters. The molecule has 0 aliphatic rings. The van der Waals surface area contributed by atoms with Gasteiger partial charge < -0.3 is 14.0 Å². The Morgan fingerprint density at radius 3 is 2.46 bits per heavy atom. The average Bonchev–Trinajstić information content (AvgIpc) is 2.92. The first-order chi connectivity index (χ1) is 11.6. The molecule has 0 saturated carbocycles. The van der Waals surface area contributed by atoms with Crippen LogP contribution in [0.1, 0.15) is 50.9 Å². The van der Waals surface area contributed by atoms with Gasteiger partial charge >= 0.3 is 11.9 Å². The predicted octanol–water partition coefficient (Wildman–Crippen LogP) is 3.86. The number of aromatic nitrogens is 1. The highest BCUT2D eigenvalue weighted by Crippen LogP contribution is 2.22. The number of nitrogens with zero attached hydrogens (tertiary/aromatic N) is 1. The molecule has 1 heterocycles. The van der Waals surface area contributed by atoms with Gasteiger partial charge in [-0.15, -0.1) is 0 Å². The lowest BCUT2D eigenvalue weighted by Gasteiger charge is -2.06. The maximum absolute atomic E-state index is 11.7. The molecule has 0 N–H and O–H groups in total. The molecule has 1 rings (SSSR count). The van der Waals surface area contributed by atoms with Gasteiger partial charge in [-0.25, -0.2) is 0 Å². The molecule has 0 amide bonds. The van der Waals surface area contributed by atoms with E-state index < -0.39 is 0 Å². The molecule has 1 aromatic rings. The summed E-state index contributed by atoms with van der Waals surface area (Å²) in [7, 11) is 1.36. The first-order valence-electron chi connectivity index (χ1n) is 8.27. The van der Waals surface area contributed by atoms with Gasteiger partial charge in [0.25, 0.3) is 0 Å². The molecular weight excluding hydrogens is 306 g/mol. The third-order valence-electron chi connectivity index (χ3n) is 3.24. The van der Waals surface area contributed by atoms with Gasteiger partial charge in [-0.1, -0.05) is 26.5 Å². The lowest BCUT2D eigenvalue weighted by Crippen LogP contribution is -2.09. The van der Waals surface area contributed by atoms with Gasteiger partial charge in [-0.2, -0.15) is 0 Å². The molecule has 5 nitrogen and oxygen atoms in total. The van der Waals surface area contributed by atoms with Crippen molar-refractivity contribution in [2.75, 3.05) is 13.7 Å². The van der Waals surface area contributed by atoms with Gasteiger partial charge in [0.15, 0.2) is 0 Å². The monoisotopic (exact) mass is 335 g/mol. The molecule has 0 saturated heterocycles. The highest BCUT2D eigenvalue weighted by molar-refractivity contribution is 5.76. The van der Waals surface area contributed by atoms with Crippen LogP contribution in [-0.4, -0.2) is 30.2 Å². The quantitative estimate of drug-likeness (QED) is 0.677. The fraction of sp³-hybridized carbons (Fsp3) is 0.474. The summed E-state index contributed by atoms with van der Waals surface area (Å²) in [6.07, 6.45) is 8.31. The van der Waals surface area contributed by atoms with E-state index in [9.17, 15) is 9.59 Å². The first kappa shape index (κ1) is 21.7. The van der Waals surface area contributed by atoms with Crippen LogP contribution in [0.2, 0.25) is 0 Å². The van der Waals surface area contributed by atoms with E-state index in [2.05, 4.69) is 6.58 Å². The van der Waals surface area contributed by atoms with Crippen molar-refractivity contribution < 1.29 is 19.1 Å². The van der Waals surface area contributed by atoms with E-state index in [4.69, 9.17) is 9.47 Å². The number of methoxy groups -OCH3 is 1. The maximum atomic E-state index is 11.7. The second-order valence-corrected chi connectivity index (χ2v) is 4.67. The van der Waals surface area contributed by atoms with E-state index in [0.717, 1.165) is 16.8 Å². The second-order valence-electron chi connectivity index (χ2n) is 4.67. The summed E-state index contributed by atoms with van der Waals surface area (Å²) in [5.74, 6) is -0.560. The molecule has 0 fully saturated rings. The Hall–Kier alpha value is -2.30. The lowest BCUT2D eigenvalue weighted by molar-refractivity contribution is -0.143. The lowest BCUT2D eigenvalue weighted by atomic mass is 10.0. The SMILES string of the molecule is C=Cn1cc(CCC(=O)OCC)c(CC(=O)OC)c1/C=C\C.CC. The number of esters is 2. The van der Waals surface area contributed by atoms with E-state index in [1.54, 1.807) is 13.1 Å². The summed E-state index contributed by atoms with van der Waals surface area (Å²) < 4.78 is 11.6. The number of hydrogen-bond donors (Lipinski definition) is 0. The zero-order chi connectivity index (χ0) is 18.5.